The standard InChI is InChI=1S/C17H16FN3O2S/c1-23-15-9-14(22)11(13-6-7-20-21(13)10-19)8-17(15)24-16-5-3-2-4-12(16)18/h2-9,22H,10,19H2,1H3. The van der Waals surface area contributed by atoms with Crippen molar-refractivity contribution in [1.29, 1.82) is 0 Å². The van der Waals surface area contributed by atoms with Crippen LogP contribution in [0, 0.1) is 5.82 Å². The van der Waals surface area contributed by atoms with Gasteiger partial charge in [-0.15, -0.1) is 0 Å². The van der Waals surface area contributed by atoms with Crippen LogP contribution in [0.1, 0.15) is 0 Å². The molecule has 0 spiro atoms. The van der Waals surface area contributed by atoms with Crippen LogP contribution >= 0.6 is 11.8 Å². The maximum atomic E-state index is 13.9. The third-order valence-electron chi connectivity index (χ3n) is 3.50. The van der Waals surface area contributed by atoms with Crippen molar-refractivity contribution in [1.82, 2.24) is 9.78 Å². The van der Waals surface area contributed by atoms with Gasteiger partial charge >= 0.3 is 0 Å². The van der Waals surface area contributed by atoms with Gasteiger partial charge in [0.05, 0.1) is 24.4 Å². The first-order chi connectivity index (χ1) is 11.6. The average Bonchev–Trinajstić information content (AvgIpc) is 3.06. The van der Waals surface area contributed by atoms with Gasteiger partial charge in [-0.25, -0.2) is 4.39 Å². The summed E-state index contributed by atoms with van der Waals surface area (Å²) < 4.78 is 20.8. The fourth-order valence-electron chi connectivity index (χ4n) is 2.35. The lowest BCUT2D eigenvalue weighted by atomic mass is 10.1. The van der Waals surface area contributed by atoms with E-state index in [4.69, 9.17) is 10.5 Å². The molecule has 3 rings (SSSR count). The van der Waals surface area contributed by atoms with Gasteiger partial charge in [0, 0.05) is 22.7 Å². The number of halogens is 1. The third kappa shape index (κ3) is 3.08. The molecular weight excluding hydrogens is 329 g/mol. The van der Waals surface area contributed by atoms with Crippen LogP contribution in [0.3, 0.4) is 0 Å². The van der Waals surface area contributed by atoms with E-state index < -0.39 is 0 Å². The van der Waals surface area contributed by atoms with Gasteiger partial charge in [-0.1, -0.05) is 23.9 Å². The molecule has 0 unspecified atom stereocenters. The second-order valence-electron chi connectivity index (χ2n) is 4.95. The van der Waals surface area contributed by atoms with E-state index in [2.05, 4.69) is 5.10 Å². The first kappa shape index (κ1) is 16.4. The molecule has 1 heterocycles. The van der Waals surface area contributed by atoms with Crippen molar-refractivity contribution in [3.63, 3.8) is 0 Å². The lowest BCUT2D eigenvalue weighted by molar-refractivity contribution is 0.398. The first-order valence-electron chi connectivity index (χ1n) is 7.19. The molecule has 0 bridgehead atoms. The number of phenolic OH excluding ortho intramolecular Hbond substituents is 1. The zero-order chi connectivity index (χ0) is 17.1. The number of hydrogen-bond donors (Lipinski definition) is 2. The predicted octanol–water partition coefficient (Wildman–Crippen LogP) is 3.47. The molecule has 0 aliphatic heterocycles. The van der Waals surface area contributed by atoms with Gasteiger partial charge in [-0.3, -0.25) is 4.68 Å². The molecule has 0 saturated carbocycles. The van der Waals surface area contributed by atoms with Crippen molar-refractivity contribution >= 4 is 11.8 Å². The fraction of sp³-hybridized carbons (Fsp3) is 0.118. The van der Waals surface area contributed by atoms with E-state index >= 15 is 0 Å². The lowest BCUT2D eigenvalue weighted by Gasteiger charge is -2.13. The summed E-state index contributed by atoms with van der Waals surface area (Å²) in [6.07, 6.45) is 1.61. The Morgan fingerprint density at radius 3 is 2.75 bits per heavy atom. The number of rotatable bonds is 5. The number of benzene rings is 2. The van der Waals surface area contributed by atoms with Gasteiger partial charge in [0.2, 0.25) is 0 Å². The summed E-state index contributed by atoms with van der Waals surface area (Å²) in [4.78, 5) is 1.15. The zero-order valence-electron chi connectivity index (χ0n) is 12.9. The van der Waals surface area contributed by atoms with Crippen LogP contribution in [0.5, 0.6) is 11.5 Å². The van der Waals surface area contributed by atoms with Gasteiger partial charge in [-0.2, -0.15) is 5.10 Å². The normalized spacial score (nSPS) is 10.8. The number of methoxy groups -OCH3 is 1. The molecule has 0 saturated heterocycles. The van der Waals surface area contributed by atoms with E-state index in [1.165, 1.54) is 31.0 Å². The summed E-state index contributed by atoms with van der Waals surface area (Å²) in [7, 11) is 1.50. The van der Waals surface area contributed by atoms with E-state index in [0.717, 1.165) is 0 Å². The molecule has 0 amide bonds. The summed E-state index contributed by atoms with van der Waals surface area (Å²) in [5.74, 6) is 0.189. The minimum absolute atomic E-state index is 0.0416. The molecule has 0 fully saturated rings. The quantitative estimate of drug-likeness (QED) is 0.741. The minimum atomic E-state index is -0.314. The van der Waals surface area contributed by atoms with Crippen LogP contribution in [0.25, 0.3) is 11.3 Å². The number of aromatic nitrogens is 2. The molecule has 5 nitrogen and oxygen atoms in total. The number of hydrogen-bond acceptors (Lipinski definition) is 5. The zero-order valence-corrected chi connectivity index (χ0v) is 13.8. The number of aromatic hydroxyl groups is 1. The van der Waals surface area contributed by atoms with E-state index in [9.17, 15) is 9.50 Å². The van der Waals surface area contributed by atoms with Crippen molar-refractivity contribution in [2.24, 2.45) is 5.73 Å². The minimum Gasteiger partial charge on any atom is -0.507 e. The Hall–Kier alpha value is -2.51. The first-order valence-corrected chi connectivity index (χ1v) is 8.01. The van der Waals surface area contributed by atoms with Crippen LogP contribution in [0.2, 0.25) is 0 Å². The van der Waals surface area contributed by atoms with Crippen LogP contribution in [-0.2, 0) is 6.67 Å². The van der Waals surface area contributed by atoms with Crippen molar-refractivity contribution in [2.45, 2.75) is 16.5 Å². The maximum Gasteiger partial charge on any atom is 0.137 e. The Kier molecular flexibility index (Phi) is 4.73. The molecule has 3 aromatic rings. The third-order valence-corrected chi connectivity index (χ3v) is 4.59. The number of nitrogens with zero attached hydrogens (tertiary/aromatic N) is 2. The topological polar surface area (TPSA) is 73.3 Å². The monoisotopic (exact) mass is 345 g/mol. The molecule has 24 heavy (non-hydrogen) atoms. The van der Waals surface area contributed by atoms with Crippen molar-refractivity contribution in [3.8, 4) is 22.8 Å². The Labute approximate surface area is 142 Å². The highest BCUT2D eigenvalue weighted by Crippen LogP contribution is 2.42. The second kappa shape index (κ2) is 6.94. The number of ether oxygens (including phenoxy) is 1. The largest absolute Gasteiger partial charge is 0.507 e. The van der Waals surface area contributed by atoms with Crippen LogP contribution in [0.15, 0.2) is 58.5 Å². The van der Waals surface area contributed by atoms with Crippen molar-refractivity contribution < 1.29 is 14.2 Å². The molecule has 0 aliphatic carbocycles. The van der Waals surface area contributed by atoms with Gasteiger partial charge < -0.3 is 15.6 Å². The van der Waals surface area contributed by atoms with E-state index in [1.807, 2.05) is 0 Å². The van der Waals surface area contributed by atoms with Gasteiger partial charge in [0.1, 0.15) is 17.3 Å². The smallest absolute Gasteiger partial charge is 0.137 e. The molecule has 0 aliphatic rings. The molecule has 3 N–H and O–H groups in total. The second-order valence-corrected chi connectivity index (χ2v) is 6.04. The molecular formula is C17H16FN3O2S. The Balaban J connectivity index is 2.09. The highest BCUT2D eigenvalue weighted by Gasteiger charge is 2.16. The molecule has 2 aromatic carbocycles. The summed E-state index contributed by atoms with van der Waals surface area (Å²) in [5, 5.41) is 14.4. The Morgan fingerprint density at radius 2 is 2.04 bits per heavy atom. The SMILES string of the molecule is COc1cc(O)c(-c2ccnn2CN)cc1Sc1ccccc1F. The van der Waals surface area contributed by atoms with Gasteiger partial charge in [-0.05, 0) is 24.3 Å². The van der Waals surface area contributed by atoms with Crippen LogP contribution in [0.4, 0.5) is 4.39 Å². The molecule has 7 heteroatoms. The van der Waals surface area contributed by atoms with Crippen molar-refractivity contribution in [2.75, 3.05) is 7.11 Å². The summed E-state index contributed by atoms with van der Waals surface area (Å²) >= 11 is 1.23. The number of nitrogens with two attached hydrogens (primary N) is 1. The predicted molar refractivity (Wildman–Crippen MR) is 90.6 cm³/mol. The van der Waals surface area contributed by atoms with E-state index in [1.54, 1.807) is 41.2 Å². The van der Waals surface area contributed by atoms with Crippen LogP contribution < -0.4 is 10.5 Å². The van der Waals surface area contributed by atoms with Gasteiger partial charge in [0.25, 0.3) is 0 Å². The number of phenols is 1. The Bertz CT molecular complexity index is 867. The highest BCUT2D eigenvalue weighted by atomic mass is 32.2. The Morgan fingerprint density at radius 1 is 1.25 bits per heavy atom. The highest BCUT2D eigenvalue weighted by molar-refractivity contribution is 7.99. The lowest BCUT2D eigenvalue weighted by Crippen LogP contribution is -2.09. The summed E-state index contributed by atoms with van der Waals surface area (Å²) in [6.45, 7) is 0.184. The van der Waals surface area contributed by atoms with E-state index in [-0.39, 0.29) is 18.2 Å². The van der Waals surface area contributed by atoms with E-state index in [0.29, 0.717) is 26.8 Å². The molecule has 124 valence electrons. The maximum absolute atomic E-state index is 13.9. The summed E-state index contributed by atoms with van der Waals surface area (Å²) in [6, 6.07) is 11.5. The summed E-state index contributed by atoms with van der Waals surface area (Å²) in [5.41, 5.74) is 6.89. The average molecular weight is 345 g/mol. The molecule has 1 aromatic heterocycles. The van der Waals surface area contributed by atoms with Crippen molar-refractivity contribution in [3.05, 3.63) is 54.5 Å². The van der Waals surface area contributed by atoms with Gasteiger partial charge in [0.15, 0.2) is 0 Å². The molecule has 0 atom stereocenters. The fourth-order valence-corrected chi connectivity index (χ4v) is 3.32. The van der Waals surface area contributed by atoms with Crippen LogP contribution in [-0.4, -0.2) is 22.0 Å². The molecule has 0 radical (unpaired) electrons.